The number of hydrogen-bond donors (Lipinski definition) is 1. The van der Waals surface area contributed by atoms with E-state index in [1.807, 2.05) is 0 Å². The van der Waals surface area contributed by atoms with E-state index in [9.17, 15) is 4.79 Å². The third-order valence-corrected chi connectivity index (χ3v) is 3.57. The first-order valence-electron chi connectivity index (χ1n) is 5.73. The number of aliphatic carboxylic acids is 1. The standard InChI is InChI=1S/C10H21N.C3H4O2/c1-9(2)7-6-8-10(3,4)11(9)5;1-2-3(4)5/h6-8H2,1-5H3;2H,1H2,(H,4,5). The SMILES string of the molecule is C=CC(=O)O.CN1C(C)(C)CCCC1(C)C. The fourth-order valence-electron chi connectivity index (χ4n) is 2.11. The normalized spacial score (nSPS) is 22.8. The fraction of sp³-hybridized carbons (Fsp3) is 0.769. The lowest BCUT2D eigenvalue weighted by Gasteiger charge is -2.50. The first-order valence-corrected chi connectivity index (χ1v) is 5.73. The van der Waals surface area contributed by atoms with Crippen LogP contribution in [-0.2, 0) is 4.79 Å². The topological polar surface area (TPSA) is 40.5 Å². The molecular weight excluding hydrogens is 202 g/mol. The molecule has 0 saturated carbocycles. The van der Waals surface area contributed by atoms with Crippen molar-refractivity contribution in [3.05, 3.63) is 12.7 Å². The van der Waals surface area contributed by atoms with E-state index >= 15 is 0 Å². The van der Waals surface area contributed by atoms with Gasteiger partial charge in [0.05, 0.1) is 0 Å². The maximum Gasteiger partial charge on any atom is 0.327 e. The lowest BCUT2D eigenvalue weighted by molar-refractivity contribution is -0.131. The number of carbonyl (C=O) groups is 1. The van der Waals surface area contributed by atoms with Crippen molar-refractivity contribution in [2.75, 3.05) is 7.05 Å². The smallest absolute Gasteiger partial charge is 0.327 e. The summed E-state index contributed by atoms with van der Waals surface area (Å²) in [6.07, 6.45) is 4.89. The molecule has 1 fully saturated rings. The van der Waals surface area contributed by atoms with E-state index in [1.54, 1.807) is 0 Å². The Kier molecular flexibility index (Phi) is 5.20. The number of hydrogen-bond acceptors (Lipinski definition) is 2. The summed E-state index contributed by atoms with van der Waals surface area (Å²) >= 11 is 0. The summed E-state index contributed by atoms with van der Waals surface area (Å²) in [7, 11) is 2.25. The molecule has 0 atom stereocenters. The second kappa shape index (κ2) is 5.48. The summed E-state index contributed by atoms with van der Waals surface area (Å²) in [6.45, 7) is 12.3. The molecule has 0 aromatic carbocycles. The minimum atomic E-state index is -0.981. The molecule has 1 N–H and O–H groups in total. The van der Waals surface area contributed by atoms with Gasteiger partial charge in [-0.2, -0.15) is 0 Å². The molecular formula is C13H25NO2. The van der Waals surface area contributed by atoms with E-state index in [0.717, 1.165) is 6.08 Å². The second-order valence-corrected chi connectivity index (χ2v) is 5.58. The number of piperidine rings is 1. The molecule has 1 saturated heterocycles. The van der Waals surface area contributed by atoms with E-state index in [4.69, 9.17) is 5.11 Å². The highest BCUT2D eigenvalue weighted by molar-refractivity contribution is 5.78. The Bertz CT molecular complexity index is 241. The van der Waals surface area contributed by atoms with Gasteiger partial charge in [0.25, 0.3) is 0 Å². The number of carboxylic acids is 1. The van der Waals surface area contributed by atoms with Crippen molar-refractivity contribution in [1.82, 2.24) is 4.90 Å². The highest BCUT2D eigenvalue weighted by Gasteiger charge is 2.37. The van der Waals surface area contributed by atoms with Crippen LogP contribution in [0.5, 0.6) is 0 Å². The fourth-order valence-corrected chi connectivity index (χ4v) is 2.11. The molecule has 0 unspecified atom stereocenters. The third kappa shape index (κ3) is 4.35. The summed E-state index contributed by atoms with van der Waals surface area (Å²) in [5, 5.41) is 7.60. The van der Waals surface area contributed by atoms with Gasteiger partial charge in [-0.3, -0.25) is 4.90 Å². The molecule has 0 amide bonds. The van der Waals surface area contributed by atoms with Crippen LogP contribution in [0.3, 0.4) is 0 Å². The van der Waals surface area contributed by atoms with E-state index < -0.39 is 5.97 Å². The van der Waals surface area contributed by atoms with Gasteiger partial charge in [-0.15, -0.1) is 0 Å². The number of carboxylic acid groups (broad SMARTS) is 1. The van der Waals surface area contributed by atoms with Gasteiger partial charge in [0, 0.05) is 17.2 Å². The summed E-state index contributed by atoms with van der Waals surface area (Å²) in [5.74, 6) is -0.981. The molecule has 3 nitrogen and oxygen atoms in total. The quantitative estimate of drug-likeness (QED) is 0.700. The Labute approximate surface area is 99.1 Å². The molecule has 1 rings (SSSR count). The maximum absolute atomic E-state index is 9.25. The van der Waals surface area contributed by atoms with Gasteiger partial charge in [0.1, 0.15) is 0 Å². The molecule has 1 aliphatic rings. The van der Waals surface area contributed by atoms with Gasteiger partial charge in [0.2, 0.25) is 0 Å². The molecule has 3 heteroatoms. The lowest BCUT2D eigenvalue weighted by atomic mass is 9.80. The first kappa shape index (κ1) is 15.2. The van der Waals surface area contributed by atoms with Crippen LogP contribution in [0, 0.1) is 0 Å². The summed E-state index contributed by atoms with van der Waals surface area (Å²) in [5.41, 5.74) is 0.809. The third-order valence-electron chi connectivity index (χ3n) is 3.57. The Balaban J connectivity index is 0.000000385. The van der Waals surface area contributed by atoms with Gasteiger partial charge in [-0.05, 0) is 54.0 Å². The monoisotopic (exact) mass is 227 g/mol. The molecule has 0 bridgehead atoms. The van der Waals surface area contributed by atoms with Crippen LogP contribution >= 0.6 is 0 Å². The van der Waals surface area contributed by atoms with Crippen molar-refractivity contribution in [1.29, 1.82) is 0 Å². The molecule has 94 valence electrons. The minimum absolute atomic E-state index is 0.405. The highest BCUT2D eigenvalue weighted by Crippen LogP contribution is 2.36. The zero-order chi connectivity index (χ0) is 13.0. The van der Waals surface area contributed by atoms with Gasteiger partial charge in [-0.1, -0.05) is 6.58 Å². The highest BCUT2D eigenvalue weighted by atomic mass is 16.4. The van der Waals surface area contributed by atoms with Crippen molar-refractivity contribution in [3.63, 3.8) is 0 Å². The van der Waals surface area contributed by atoms with Gasteiger partial charge >= 0.3 is 5.97 Å². The molecule has 16 heavy (non-hydrogen) atoms. The van der Waals surface area contributed by atoms with Crippen molar-refractivity contribution < 1.29 is 9.90 Å². The number of nitrogens with zero attached hydrogens (tertiary/aromatic N) is 1. The molecule has 0 aromatic rings. The second-order valence-electron chi connectivity index (χ2n) is 5.58. The average Bonchev–Trinajstić information content (AvgIpc) is 2.15. The maximum atomic E-state index is 9.25. The molecule has 1 heterocycles. The van der Waals surface area contributed by atoms with E-state index in [-0.39, 0.29) is 0 Å². The Morgan fingerprint density at radius 2 is 1.56 bits per heavy atom. The van der Waals surface area contributed by atoms with Crippen molar-refractivity contribution in [2.24, 2.45) is 0 Å². The lowest BCUT2D eigenvalue weighted by Crippen LogP contribution is -2.56. The largest absolute Gasteiger partial charge is 0.478 e. The van der Waals surface area contributed by atoms with Crippen molar-refractivity contribution >= 4 is 5.97 Å². The number of rotatable bonds is 1. The molecule has 0 spiro atoms. The summed E-state index contributed by atoms with van der Waals surface area (Å²) < 4.78 is 0. The van der Waals surface area contributed by atoms with Crippen LogP contribution in [0.2, 0.25) is 0 Å². The average molecular weight is 227 g/mol. The van der Waals surface area contributed by atoms with Gasteiger partial charge in [0.15, 0.2) is 0 Å². The summed E-state index contributed by atoms with van der Waals surface area (Å²) in [6, 6.07) is 0. The predicted octanol–water partition coefficient (Wildman–Crippen LogP) is 2.92. The van der Waals surface area contributed by atoms with Crippen molar-refractivity contribution in [2.45, 2.75) is 58.0 Å². The molecule has 1 aliphatic heterocycles. The zero-order valence-electron chi connectivity index (χ0n) is 11.2. The van der Waals surface area contributed by atoms with Crippen LogP contribution in [0.15, 0.2) is 12.7 Å². The van der Waals surface area contributed by atoms with Crippen LogP contribution in [-0.4, -0.2) is 34.1 Å². The number of likely N-dealkylation sites (tertiary alicyclic amines) is 1. The van der Waals surface area contributed by atoms with Crippen LogP contribution < -0.4 is 0 Å². The van der Waals surface area contributed by atoms with E-state index in [2.05, 4.69) is 46.2 Å². The van der Waals surface area contributed by atoms with Crippen LogP contribution in [0.25, 0.3) is 0 Å². The molecule has 0 aliphatic carbocycles. The molecule has 0 radical (unpaired) electrons. The minimum Gasteiger partial charge on any atom is -0.478 e. The zero-order valence-corrected chi connectivity index (χ0v) is 11.2. The van der Waals surface area contributed by atoms with E-state index in [0.29, 0.717) is 11.1 Å². The van der Waals surface area contributed by atoms with Gasteiger partial charge in [-0.25, -0.2) is 4.79 Å². The van der Waals surface area contributed by atoms with Crippen LogP contribution in [0.4, 0.5) is 0 Å². The first-order chi connectivity index (χ1) is 7.13. The predicted molar refractivity (Wildman–Crippen MR) is 67.6 cm³/mol. The van der Waals surface area contributed by atoms with Gasteiger partial charge < -0.3 is 5.11 Å². The Morgan fingerprint density at radius 3 is 1.75 bits per heavy atom. The Hall–Kier alpha value is -0.830. The van der Waals surface area contributed by atoms with Crippen LogP contribution in [0.1, 0.15) is 47.0 Å². The Morgan fingerprint density at radius 1 is 1.25 bits per heavy atom. The summed E-state index contributed by atoms with van der Waals surface area (Å²) in [4.78, 5) is 11.8. The molecule has 0 aromatic heterocycles. The van der Waals surface area contributed by atoms with E-state index in [1.165, 1.54) is 19.3 Å². The van der Waals surface area contributed by atoms with Crippen molar-refractivity contribution in [3.8, 4) is 0 Å².